The number of unbranched alkanes of at least 4 members (excludes halogenated alkanes) is 39. The molecule has 0 saturated carbocycles. The lowest BCUT2D eigenvalue weighted by atomic mass is 10.0. The van der Waals surface area contributed by atoms with E-state index in [-0.39, 0.29) is 12.5 Å². The van der Waals surface area contributed by atoms with Crippen molar-refractivity contribution in [3.63, 3.8) is 0 Å². The smallest absolute Gasteiger partial charge is 0.220 e. The average Bonchev–Trinajstić information content (AvgIpc) is 3.22. The molecule has 0 rings (SSSR count). The summed E-state index contributed by atoms with van der Waals surface area (Å²) in [6.45, 7) is 4.31. The second kappa shape index (κ2) is 49.2. The molecule has 0 aromatic carbocycles. The fraction of sp³-hybridized carbons (Fsp3) is 0.906. The van der Waals surface area contributed by atoms with Gasteiger partial charge in [0.15, 0.2) is 0 Å². The van der Waals surface area contributed by atoms with Gasteiger partial charge in [0.1, 0.15) is 0 Å². The lowest BCUT2D eigenvalue weighted by Crippen LogP contribution is -2.45. The van der Waals surface area contributed by atoms with Crippen molar-refractivity contribution in [3.8, 4) is 0 Å². The summed E-state index contributed by atoms with van der Waals surface area (Å²) in [6, 6.07) is -0.634. The van der Waals surface area contributed by atoms with Gasteiger partial charge in [0.2, 0.25) is 5.91 Å². The van der Waals surface area contributed by atoms with Crippen molar-refractivity contribution in [2.75, 3.05) is 6.61 Å². The Labute approximate surface area is 358 Å². The van der Waals surface area contributed by atoms with E-state index in [4.69, 9.17) is 0 Å². The van der Waals surface area contributed by atoms with E-state index < -0.39 is 12.1 Å². The molecule has 0 radical (unpaired) electrons. The van der Waals surface area contributed by atoms with Crippen LogP contribution in [-0.2, 0) is 4.79 Å². The highest BCUT2D eigenvalue weighted by molar-refractivity contribution is 5.76. The normalized spacial score (nSPS) is 13.0. The van der Waals surface area contributed by atoms with Crippen LogP contribution in [0.4, 0.5) is 0 Å². The maximum atomic E-state index is 12.4. The molecule has 0 aliphatic rings. The van der Waals surface area contributed by atoms with Crippen LogP contribution in [0.15, 0.2) is 24.3 Å². The minimum absolute atomic E-state index is 0.0716. The van der Waals surface area contributed by atoms with Crippen LogP contribution < -0.4 is 5.32 Å². The standard InChI is InChI=1S/C53H103NO3/c1-3-5-7-9-11-13-15-17-18-19-20-21-22-23-24-25-26-27-28-29-30-31-32-33-34-35-36-37-38-40-42-44-46-48-52(56)51(50-55)54-53(57)49-47-45-43-41-39-16-14-12-10-8-6-4-2/h38,40,46,48,51-52,55-56H,3-37,39,41-45,47,49-50H2,1-2H3,(H,54,57)/b40-38+,48-46+. The van der Waals surface area contributed by atoms with Gasteiger partial charge in [0, 0.05) is 6.42 Å². The first-order valence-electron chi connectivity index (χ1n) is 26.1. The highest BCUT2D eigenvalue weighted by Crippen LogP contribution is 2.17. The van der Waals surface area contributed by atoms with Crippen molar-refractivity contribution in [2.45, 2.75) is 302 Å². The van der Waals surface area contributed by atoms with Crippen molar-refractivity contribution >= 4 is 5.91 Å². The van der Waals surface area contributed by atoms with Crippen LogP contribution >= 0.6 is 0 Å². The van der Waals surface area contributed by atoms with Crippen molar-refractivity contribution in [1.82, 2.24) is 5.32 Å². The first kappa shape index (κ1) is 55.9. The van der Waals surface area contributed by atoms with Gasteiger partial charge in [0.25, 0.3) is 0 Å². The van der Waals surface area contributed by atoms with E-state index in [0.717, 1.165) is 32.1 Å². The maximum absolute atomic E-state index is 12.4. The minimum atomic E-state index is -0.858. The lowest BCUT2D eigenvalue weighted by molar-refractivity contribution is -0.123. The fourth-order valence-electron chi connectivity index (χ4n) is 8.20. The van der Waals surface area contributed by atoms with E-state index in [2.05, 4.69) is 31.3 Å². The molecule has 0 saturated heterocycles. The number of nitrogens with one attached hydrogen (secondary N) is 1. The molecule has 0 heterocycles. The van der Waals surface area contributed by atoms with Gasteiger partial charge in [-0.15, -0.1) is 0 Å². The number of carbonyl (C=O) groups excluding carboxylic acids is 1. The van der Waals surface area contributed by atoms with Crippen LogP contribution in [0.25, 0.3) is 0 Å². The molecule has 2 unspecified atom stereocenters. The van der Waals surface area contributed by atoms with Gasteiger partial charge in [-0.05, 0) is 32.1 Å². The molecule has 2 atom stereocenters. The van der Waals surface area contributed by atoms with E-state index >= 15 is 0 Å². The maximum Gasteiger partial charge on any atom is 0.220 e. The van der Waals surface area contributed by atoms with Gasteiger partial charge in [-0.2, -0.15) is 0 Å². The zero-order valence-electron chi connectivity index (χ0n) is 38.9. The van der Waals surface area contributed by atoms with Crippen LogP contribution in [0.2, 0.25) is 0 Å². The lowest BCUT2D eigenvalue weighted by Gasteiger charge is -2.19. The first-order chi connectivity index (χ1) is 28.2. The Hall–Kier alpha value is -1.13. The zero-order valence-corrected chi connectivity index (χ0v) is 38.9. The highest BCUT2D eigenvalue weighted by atomic mass is 16.3. The molecule has 0 aliphatic heterocycles. The number of hydrogen-bond donors (Lipinski definition) is 3. The Bertz CT molecular complexity index is 825. The van der Waals surface area contributed by atoms with Gasteiger partial charge in [-0.3, -0.25) is 4.79 Å². The van der Waals surface area contributed by atoms with E-state index in [0.29, 0.717) is 6.42 Å². The zero-order chi connectivity index (χ0) is 41.4. The summed E-state index contributed by atoms with van der Waals surface area (Å²) in [5.74, 6) is -0.0716. The third kappa shape index (κ3) is 45.8. The molecule has 4 heteroatoms. The van der Waals surface area contributed by atoms with Crippen molar-refractivity contribution < 1.29 is 15.0 Å². The number of amides is 1. The second-order valence-electron chi connectivity index (χ2n) is 17.9. The molecule has 0 aliphatic carbocycles. The van der Waals surface area contributed by atoms with E-state index in [1.807, 2.05) is 6.08 Å². The number of hydrogen-bond acceptors (Lipinski definition) is 3. The predicted octanol–water partition coefficient (Wildman–Crippen LogP) is 16.8. The van der Waals surface area contributed by atoms with E-state index in [9.17, 15) is 15.0 Å². The number of aliphatic hydroxyl groups excluding tert-OH is 2. The first-order valence-corrected chi connectivity index (χ1v) is 26.1. The SMILES string of the molecule is CCCCCCCCCCCCCCCCCCCCCCCCCCCCC/C=C/CC/C=C/C(O)C(CO)NC(=O)CCCCCCCCCCCCCC. The topological polar surface area (TPSA) is 69.6 Å². The largest absolute Gasteiger partial charge is 0.394 e. The Morgan fingerprint density at radius 1 is 0.404 bits per heavy atom. The number of rotatable bonds is 48. The summed E-state index contributed by atoms with van der Waals surface area (Å²) in [5, 5.41) is 23.0. The van der Waals surface area contributed by atoms with Gasteiger partial charge < -0.3 is 15.5 Å². The molecule has 0 bridgehead atoms. The third-order valence-electron chi connectivity index (χ3n) is 12.2. The van der Waals surface area contributed by atoms with Gasteiger partial charge in [-0.1, -0.05) is 276 Å². The van der Waals surface area contributed by atoms with Gasteiger partial charge in [-0.25, -0.2) is 0 Å². The summed E-state index contributed by atoms with van der Waals surface area (Å²) in [7, 11) is 0. The molecule has 1 amide bonds. The molecule has 3 N–H and O–H groups in total. The minimum Gasteiger partial charge on any atom is -0.394 e. The molecule has 0 fully saturated rings. The molecular formula is C53H103NO3. The molecular weight excluding hydrogens is 699 g/mol. The summed E-state index contributed by atoms with van der Waals surface area (Å²) in [5.41, 5.74) is 0. The highest BCUT2D eigenvalue weighted by Gasteiger charge is 2.17. The number of allylic oxidation sites excluding steroid dienone is 3. The number of carbonyl (C=O) groups is 1. The summed E-state index contributed by atoms with van der Waals surface area (Å²) in [4.78, 5) is 12.4. The molecule has 0 spiro atoms. The van der Waals surface area contributed by atoms with Crippen LogP contribution in [0.5, 0.6) is 0 Å². The van der Waals surface area contributed by atoms with Crippen molar-refractivity contribution in [3.05, 3.63) is 24.3 Å². The van der Waals surface area contributed by atoms with Crippen molar-refractivity contribution in [2.24, 2.45) is 0 Å². The molecule has 57 heavy (non-hydrogen) atoms. The Balaban J connectivity index is 3.45. The average molecular weight is 802 g/mol. The summed E-state index contributed by atoms with van der Waals surface area (Å²) >= 11 is 0. The van der Waals surface area contributed by atoms with Gasteiger partial charge in [0.05, 0.1) is 18.8 Å². The van der Waals surface area contributed by atoms with Crippen molar-refractivity contribution in [1.29, 1.82) is 0 Å². The summed E-state index contributed by atoms with van der Waals surface area (Å²) in [6.07, 6.45) is 64.9. The Kier molecular flexibility index (Phi) is 48.3. The molecule has 0 aromatic heterocycles. The van der Waals surface area contributed by atoms with Crippen LogP contribution in [0.3, 0.4) is 0 Å². The number of aliphatic hydroxyl groups is 2. The van der Waals surface area contributed by atoms with Crippen LogP contribution in [-0.4, -0.2) is 34.9 Å². The molecule has 338 valence electrons. The fourth-order valence-corrected chi connectivity index (χ4v) is 8.20. The molecule has 0 aromatic rings. The predicted molar refractivity (Wildman–Crippen MR) is 253 cm³/mol. The summed E-state index contributed by atoms with van der Waals surface area (Å²) < 4.78 is 0. The quantitative estimate of drug-likeness (QED) is 0.0424. The third-order valence-corrected chi connectivity index (χ3v) is 12.2. The van der Waals surface area contributed by atoms with Gasteiger partial charge >= 0.3 is 0 Å². The van der Waals surface area contributed by atoms with Crippen LogP contribution in [0, 0.1) is 0 Å². The molecule has 4 nitrogen and oxygen atoms in total. The van der Waals surface area contributed by atoms with E-state index in [1.165, 1.54) is 238 Å². The Morgan fingerprint density at radius 2 is 0.684 bits per heavy atom. The van der Waals surface area contributed by atoms with E-state index in [1.54, 1.807) is 6.08 Å². The monoisotopic (exact) mass is 802 g/mol. The second-order valence-corrected chi connectivity index (χ2v) is 17.9. The Morgan fingerprint density at radius 3 is 1.02 bits per heavy atom. The van der Waals surface area contributed by atoms with Crippen LogP contribution in [0.1, 0.15) is 290 Å².